The van der Waals surface area contributed by atoms with Gasteiger partial charge < -0.3 is 10.1 Å². The Hall–Kier alpha value is -2.54. The van der Waals surface area contributed by atoms with E-state index in [1.54, 1.807) is 12.1 Å². The summed E-state index contributed by atoms with van der Waals surface area (Å²) in [5, 5.41) is 2.77. The molecule has 0 unspecified atom stereocenters. The maximum atomic E-state index is 12.3. The number of ether oxygens (including phenoxy) is 1. The lowest BCUT2D eigenvalue weighted by atomic mass is 10.2. The summed E-state index contributed by atoms with van der Waals surface area (Å²) in [6.45, 7) is 5.77. The van der Waals surface area contributed by atoms with Crippen molar-refractivity contribution in [1.29, 1.82) is 0 Å². The highest BCUT2D eigenvalue weighted by Gasteiger charge is 2.21. The molecule has 2 aromatic carbocycles. The van der Waals surface area contributed by atoms with Gasteiger partial charge in [-0.2, -0.15) is 0 Å². The van der Waals surface area contributed by atoms with Crippen molar-refractivity contribution >= 4 is 21.6 Å². The molecule has 0 heterocycles. The zero-order chi connectivity index (χ0) is 20.0. The Morgan fingerprint density at radius 2 is 1.74 bits per heavy atom. The van der Waals surface area contributed by atoms with Crippen LogP contribution in [0, 0.1) is 6.92 Å². The minimum Gasteiger partial charge on any atom is -0.491 e. The Kier molecular flexibility index (Phi) is 6.85. The number of nitrogens with one attached hydrogen (secondary N) is 1. The van der Waals surface area contributed by atoms with E-state index < -0.39 is 10.0 Å². The van der Waals surface area contributed by atoms with E-state index in [-0.39, 0.29) is 18.6 Å². The Morgan fingerprint density at radius 1 is 1.11 bits per heavy atom. The second-order valence-corrected chi connectivity index (χ2v) is 8.55. The van der Waals surface area contributed by atoms with Crippen LogP contribution in [0.2, 0.25) is 0 Å². The van der Waals surface area contributed by atoms with Crippen LogP contribution in [0.5, 0.6) is 5.75 Å². The fourth-order valence-corrected chi connectivity index (χ4v) is 3.48. The van der Waals surface area contributed by atoms with Crippen LogP contribution < -0.4 is 14.4 Å². The number of nitrogens with zero attached hydrogens (tertiary/aromatic N) is 1. The first-order valence-electron chi connectivity index (χ1n) is 8.72. The highest BCUT2D eigenvalue weighted by molar-refractivity contribution is 7.92. The number of carbonyl (C=O) groups is 1. The van der Waals surface area contributed by atoms with Gasteiger partial charge in [-0.25, -0.2) is 8.42 Å². The molecule has 6 nitrogen and oxygen atoms in total. The van der Waals surface area contributed by atoms with Gasteiger partial charge in [0.25, 0.3) is 0 Å². The van der Waals surface area contributed by atoms with Gasteiger partial charge in [-0.05, 0) is 50.1 Å². The molecular weight excluding hydrogens is 364 g/mol. The number of aryl methyl sites for hydroxylation is 1. The van der Waals surface area contributed by atoms with Crippen LogP contribution in [-0.4, -0.2) is 33.2 Å². The van der Waals surface area contributed by atoms with Crippen LogP contribution in [0.25, 0.3) is 0 Å². The molecule has 0 atom stereocenters. The normalized spacial score (nSPS) is 11.3. The zero-order valence-corrected chi connectivity index (χ0v) is 16.9. The van der Waals surface area contributed by atoms with Gasteiger partial charge >= 0.3 is 0 Å². The number of para-hydroxylation sites is 1. The second kappa shape index (κ2) is 8.90. The van der Waals surface area contributed by atoms with Gasteiger partial charge in [0.15, 0.2) is 0 Å². The van der Waals surface area contributed by atoms with Crippen molar-refractivity contribution in [3.8, 4) is 5.75 Å². The molecule has 2 aromatic rings. The molecule has 7 heteroatoms. The number of anilines is 1. The fourth-order valence-electron chi connectivity index (χ4n) is 2.57. The van der Waals surface area contributed by atoms with Gasteiger partial charge in [-0.1, -0.05) is 30.3 Å². The SMILES string of the molecule is Cc1ccccc1N(CC(=O)NCc1ccc(OC(C)C)cc1)S(C)(=O)=O. The lowest BCUT2D eigenvalue weighted by Gasteiger charge is -2.23. The average Bonchev–Trinajstić information content (AvgIpc) is 2.58. The van der Waals surface area contributed by atoms with Crippen LogP contribution in [-0.2, 0) is 21.4 Å². The van der Waals surface area contributed by atoms with E-state index in [1.807, 2.05) is 57.2 Å². The third-order valence-electron chi connectivity index (χ3n) is 3.86. The molecule has 0 aliphatic heterocycles. The van der Waals surface area contributed by atoms with Crippen molar-refractivity contribution in [1.82, 2.24) is 5.32 Å². The summed E-state index contributed by atoms with van der Waals surface area (Å²) >= 11 is 0. The van der Waals surface area contributed by atoms with Crippen molar-refractivity contribution in [3.05, 3.63) is 59.7 Å². The Bertz CT molecular complexity index is 877. The Balaban J connectivity index is 2.01. The highest BCUT2D eigenvalue weighted by atomic mass is 32.2. The maximum absolute atomic E-state index is 12.3. The molecule has 0 aliphatic carbocycles. The van der Waals surface area contributed by atoms with Crippen LogP contribution in [0.15, 0.2) is 48.5 Å². The van der Waals surface area contributed by atoms with E-state index in [4.69, 9.17) is 4.74 Å². The summed E-state index contributed by atoms with van der Waals surface area (Å²) in [4.78, 5) is 12.3. The van der Waals surface area contributed by atoms with Gasteiger partial charge in [-0.3, -0.25) is 9.10 Å². The molecule has 146 valence electrons. The van der Waals surface area contributed by atoms with Crippen LogP contribution in [0.4, 0.5) is 5.69 Å². The Morgan fingerprint density at radius 3 is 2.30 bits per heavy atom. The van der Waals surface area contributed by atoms with Gasteiger partial charge in [0.05, 0.1) is 18.0 Å². The van der Waals surface area contributed by atoms with Gasteiger partial charge in [0.1, 0.15) is 12.3 Å². The predicted octanol–water partition coefficient (Wildman–Crippen LogP) is 2.86. The largest absolute Gasteiger partial charge is 0.491 e. The summed E-state index contributed by atoms with van der Waals surface area (Å²) < 4.78 is 31.0. The van der Waals surface area contributed by atoms with Gasteiger partial charge in [0.2, 0.25) is 15.9 Å². The van der Waals surface area contributed by atoms with Crippen molar-refractivity contribution in [3.63, 3.8) is 0 Å². The number of rotatable bonds is 8. The molecule has 0 spiro atoms. The highest BCUT2D eigenvalue weighted by Crippen LogP contribution is 2.21. The monoisotopic (exact) mass is 390 g/mol. The first-order valence-corrected chi connectivity index (χ1v) is 10.6. The standard InChI is InChI=1S/C20H26N2O4S/c1-15(2)26-18-11-9-17(10-12-18)13-21-20(23)14-22(27(4,24)25)19-8-6-5-7-16(19)3/h5-12,15H,13-14H2,1-4H3,(H,21,23). The number of amides is 1. The van der Waals surface area contributed by atoms with E-state index in [0.29, 0.717) is 12.2 Å². The van der Waals surface area contributed by atoms with Gasteiger partial charge in [-0.15, -0.1) is 0 Å². The minimum absolute atomic E-state index is 0.0963. The van der Waals surface area contributed by atoms with Crippen LogP contribution >= 0.6 is 0 Å². The van der Waals surface area contributed by atoms with Crippen LogP contribution in [0.1, 0.15) is 25.0 Å². The number of benzene rings is 2. The molecule has 0 aliphatic rings. The zero-order valence-electron chi connectivity index (χ0n) is 16.1. The molecule has 0 saturated carbocycles. The molecule has 0 saturated heterocycles. The number of hydrogen-bond acceptors (Lipinski definition) is 4. The summed E-state index contributed by atoms with van der Waals surface area (Å²) in [6, 6.07) is 14.5. The molecule has 2 rings (SSSR count). The van der Waals surface area contributed by atoms with Crippen molar-refractivity contribution in [2.24, 2.45) is 0 Å². The van der Waals surface area contributed by atoms with E-state index in [2.05, 4.69) is 5.32 Å². The molecular formula is C20H26N2O4S. The summed E-state index contributed by atoms with van der Waals surface area (Å²) in [6.07, 6.45) is 1.19. The summed E-state index contributed by atoms with van der Waals surface area (Å²) in [5.41, 5.74) is 2.20. The summed E-state index contributed by atoms with van der Waals surface area (Å²) in [5.74, 6) is 0.397. The topological polar surface area (TPSA) is 75.7 Å². The number of carbonyl (C=O) groups excluding carboxylic acids is 1. The Labute approximate surface area is 161 Å². The fraction of sp³-hybridized carbons (Fsp3) is 0.350. The number of hydrogen-bond donors (Lipinski definition) is 1. The lowest BCUT2D eigenvalue weighted by molar-refractivity contribution is -0.119. The van der Waals surface area contributed by atoms with E-state index in [1.165, 1.54) is 0 Å². The first-order chi connectivity index (χ1) is 12.7. The molecule has 0 radical (unpaired) electrons. The third kappa shape index (κ3) is 6.29. The molecule has 0 fully saturated rings. The predicted molar refractivity (Wildman–Crippen MR) is 107 cm³/mol. The minimum atomic E-state index is -3.58. The average molecular weight is 391 g/mol. The quantitative estimate of drug-likeness (QED) is 0.752. The molecule has 1 N–H and O–H groups in total. The van der Waals surface area contributed by atoms with Crippen molar-refractivity contribution in [2.45, 2.75) is 33.4 Å². The maximum Gasteiger partial charge on any atom is 0.241 e. The summed E-state index contributed by atoms with van der Waals surface area (Å²) in [7, 11) is -3.58. The third-order valence-corrected chi connectivity index (χ3v) is 4.98. The van der Waals surface area contributed by atoms with E-state index >= 15 is 0 Å². The lowest BCUT2D eigenvalue weighted by Crippen LogP contribution is -2.40. The first kappa shape index (κ1) is 20.8. The number of sulfonamides is 1. The molecule has 1 amide bonds. The van der Waals surface area contributed by atoms with Crippen molar-refractivity contribution < 1.29 is 17.9 Å². The smallest absolute Gasteiger partial charge is 0.241 e. The van der Waals surface area contributed by atoms with Gasteiger partial charge in [0, 0.05) is 6.54 Å². The van der Waals surface area contributed by atoms with E-state index in [9.17, 15) is 13.2 Å². The molecule has 0 bridgehead atoms. The molecule has 27 heavy (non-hydrogen) atoms. The van der Waals surface area contributed by atoms with Crippen LogP contribution in [0.3, 0.4) is 0 Å². The second-order valence-electron chi connectivity index (χ2n) is 6.64. The molecule has 0 aromatic heterocycles. The van der Waals surface area contributed by atoms with E-state index in [0.717, 1.165) is 27.4 Å². The van der Waals surface area contributed by atoms with Crippen molar-refractivity contribution in [2.75, 3.05) is 17.1 Å².